The van der Waals surface area contributed by atoms with Crippen molar-refractivity contribution in [2.75, 3.05) is 0 Å². The molecule has 2 aromatic heterocycles. The van der Waals surface area contributed by atoms with Crippen LogP contribution in [0.3, 0.4) is 0 Å². The molecule has 0 saturated heterocycles. The lowest BCUT2D eigenvalue weighted by Gasteiger charge is -2.19. The van der Waals surface area contributed by atoms with Crippen molar-refractivity contribution >= 4 is 39.3 Å². The molecular weight excluding hydrogens is 388 g/mol. The van der Waals surface area contributed by atoms with Crippen LogP contribution in [0.2, 0.25) is 5.02 Å². The van der Waals surface area contributed by atoms with Crippen LogP contribution in [0.15, 0.2) is 59.5 Å². The minimum Gasteiger partial charge on any atom is -0.350 e. The van der Waals surface area contributed by atoms with Gasteiger partial charge in [-0.1, -0.05) is 54.9 Å². The highest BCUT2D eigenvalue weighted by Crippen LogP contribution is 2.30. The van der Waals surface area contributed by atoms with E-state index in [0.29, 0.717) is 23.5 Å². The van der Waals surface area contributed by atoms with Crippen LogP contribution in [0.4, 0.5) is 0 Å². The third-order valence-electron chi connectivity index (χ3n) is 5.22. The molecule has 0 aliphatic carbocycles. The number of fused-ring (bicyclic) bond motifs is 3. The second-order valence-electron chi connectivity index (χ2n) is 6.96. The van der Waals surface area contributed by atoms with Crippen molar-refractivity contribution < 1.29 is 4.79 Å². The van der Waals surface area contributed by atoms with Crippen molar-refractivity contribution in [3.63, 3.8) is 0 Å². The molecule has 0 radical (unpaired) electrons. The maximum atomic E-state index is 13.1. The average Bonchev–Trinajstić information content (AvgIpc) is 3.06. The minimum atomic E-state index is -0.532. The first-order valence-corrected chi connectivity index (χ1v) is 9.86. The predicted molar refractivity (Wildman–Crippen MR) is 115 cm³/mol. The van der Waals surface area contributed by atoms with E-state index in [-0.39, 0.29) is 11.5 Å². The van der Waals surface area contributed by atoms with E-state index in [4.69, 9.17) is 11.6 Å². The molecule has 1 N–H and O–H groups in total. The number of carbonyl (C=O) groups is 1. The summed E-state index contributed by atoms with van der Waals surface area (Å²) in [6, 6.07) is 14.6. The highest BCUT2D eigenvalue weighted by molar-refractivity contribution is 6.31. The zero-order valence-corrected chi connectivity index (χ0v) is 17.0. The van der Waals surface area contributed by atoms with Gasteiger partial charge >= 0.3 is 0 Å². The molecule has 148 valence electrons. The molecule has 6 nitrogen and oxygen atoms in total. The van der Waals surface area contributed by atoms with Gasteiger partial charge < -0.3 is 9.88 Å². The minimum absolute atomic E-state index is 0.158. The molecule has 1 unspecified atom stereocenters. The van der Waals surface area contributed by atoms with Crippen LogP contribution in [0.25, 0.3) is 21.8 Å². The van der Waals surface area contributed by atoms with E-state index < -0.39 is 6.04 Å². The standard InChI is InChI=1S/C22H21ClN4O2/c1-3-18(21(28)24-12-14-8-4-6-10-17(14)23)27-19-11-7-5-9-15(19)16-13-25-26(2)22(29)20(16)27/h4-11,13,18H,3,12H2,1-2H3,(H,24,28). The molecule has 0 saturated carbocycles. The Bertz CT molecular complexity index is 1280. The Morgan fingerprint density at radius 3 is 2.62 bits per heavy atom. The van der Waals surface area contributed by atoms with Gasteiger partial charge in [-0.15, -0.1) is 0 Å². The third kappa shape index (κ3) is 3.29. The van der Waals surface area contributed by atoms with Gasteiger partial charge in [-0.3, -0.25) is 9.59 Å². The van der Waals surface area contributed by atoms with E-state index in [0.717, 1.165) is 21.9 Å². The Hall–Kier alpha value is -3.12. The van der Waals surface area contributed by atoms with Crippen molar-refractivity contribution in [3.05, 3.63) is 75.7 Å². The number of carbonyl (C=O) groups excluding carboxylic acids is 1. The third-order valence-corrected chi connectivity index (χ3v) is 5.59. The second kappa shape index (κ2) is 7.72. The van der Waals surface area contributed by atoms with Crippen LogP contribution >= 0.6 is 11.6 Å². The topological polar surface area (TPSA) is 68.9 Å². The molecule has 0 fully saturated rings. The highest BCUT2D eigenvalue weighted by Gasteiger charge is 2.25. The molecule has 0 aliphatic heterocycles. The van der Waals surface area contributed by atoms with Crippen molar-refractivity contribution in [1.29, 1.82) is 0 Å². The fraction of sp³-hybridized carbons (Fsp3) is 0.227. The maximum Gasteiger partial charge on any atom is 0.291 e. The van der Waals surface area contributed by atoms with E-state index in [2.05, 4.69) is 10.4 Å². The molecule has 4 aromatic rings. The number of amides is 1. The van der Waals surface area contributed by atoms with Gasteiger partial charge in [-0.25, -0.2) is 4.68 Å². The Kier molecular flexibility index (Phi) is 5.11. The van der Waals surface area contributed by atoms with E-state index in [1.807, 2.05) is 54.0 Å². The number of aryl methyl sites for hydroxylation is 1. The number of para-hydroxylation sites is 1. The summed E-state index contributed by atoms with van der Waals surface area (Å²) in [5.41, 5.74) is 1.95. The SMILES string of the molecule is CCC(C(=O)NCc1ccccc1Cl)n1c2ccccc2c2cnn(C)c(=O)c21. The number of rotatable bonds is 5. The van der Waals surface area contributed by atoms with Crippen molar-refractivity contribution in [2.45, 2.75) is 25.9 Å². The van der Waals surface area contributed by atoms with Crippen molar-refractivity contribution in [3.8, 4) is 0 Å². The van der Waals surface area contributed by atoms with Gasteiger partial charge in [0.2, 0.25) is 5.91 Å². The number of halogens is 1. The van der Waals surface area contributed by atoms with Crippen LogP contribution in [0.1, 0.15) is 24.9 Å². The quantitative estimate of drug-likeness (QED) is 0.546. The monoisotopic (exact) mass is 408 g/mol. The molecule has 2 aromatic carbocycles. The molecule has 29 heavy (non-hydrogen) atoms. The average molecular weight is 409 g/mol. The van der Waals surface area contributed by atoms with Gasteiger partial charge in [0.15, 0.2) is 0 Å². The summed E-state index contributed by atoms with van der Waals surface area (Å²) in [6.45, 7) is 2.26. The zero-order chi connectivity index (χ0) is 20.5. The Balaban J connectivity index is 1.80. The Morgan fingerprint density at radius 1 is 1.14 bits per heavy atom. The second-order valence-corrected chi connectivity index (χ2v) is 7.36. The van der Waals surface area contributed by atoms with Gasteiger partial charge in [0.1, 0.15) is 11.6 Å². The van der Waals surface area contributed by atoms with E-state index >= 15 is 0 Å². The first-order chi connectivity index (χ1) is 14.0. The first kappa shape index (κ1) is 19.2. The Morgan fingerprint density at radius 2 is 1.86 bits per heavy atom. The molecule has 4 rings (SSSR count). The van der Waals surface area contributed by atoms with E-state index in [1.54, 1.807) is 19.3 Å². The molecule has 2 heterocycles. The van der Waals surface area contributed by atoms with Crippen LogP contribution in [-0.2, 0) is 18.4 Å². The lowest BCUT2D eigenvalue weighted by atomic mass is 10.1. The van der Waals surface area contributed by atoms with E-state index in [9.17, 15) is 9.59 Å². The van der Waals surface area contributed by atoms with Crippen LogP contribution in [-0.4, -0.2) is 20.3 Å². The summed E-state index contributed by atoms with van der Waals surface area (Å²) in [7, 11) is 1.61. The first-order valence-electron chi connectivity index (χ1n) is 9.49. The fourth-order valence-corrected chi connectivity index (χ4v) is 3.94. The highest BCUT2D eigenvalue weighted by atomic mass is 35.5. The van der Waals surface area contributed by atoms with E-state index in [1.165, 1.54) is 4.68 Å². The van der Waals surface area contributed by atoms with Crippen molar-refractivity contribution in [2.24, 2.45) is 7.05 Å². The summed E-state index contributed by atoms with van der Waals surface area (Å²) in [5, 5.41) is 9.40. The lowest BCUT2D eigenvalue weighted by molar-refractivity contribution is -0.124. The summed E-state index contributed by atoms with van der Waals surface area (Å²) in [5.74, 6) is -0.158. The smallest absolute Gasteiger partial charge is 0.291 e. The lowest BCUT2D eigenvalue weighted by Crippen LogP contribution is -2.33. The molecule has 1 atom stereocenters. The summed E-state index contributed by atoms with van der Waals surface area (Å²) in [4.78, 5) is 26.1. The number of hydrogen-bond acceptors (Lipinski definition) is 3. The van der Waals surface area contributed by atoms with Gasteiger partial charge in [-0.05, 0) is 24.1 Å². The molecular formula is C22H21ClN4O2. The number of nitrogens with zero attached hydrogens (tertiary/aromatic N) is 3. The van der Waals surface area contributed by atoms with Crippen LogP contribution in [0.5, 0.6) is 0 Å². The maximum absolute atomic E-state index is 13.1. The van der Waals surface area contributed by atoms with Crippen LogP contribution in [0, 0.1) is 0 Å². The van der Waals surface area contributed by atoms with Gasteiger partial charge in [0, 0.05) is 29.4 Å². The molecule has 1 amide bonds. The molecule has 0 bridgehead atoms. The predicted octanol–water partition coefficient (Wildman–Crippen LogP) is 3.81. The zero-order valence-electron chi connectivity index (χ0n) is 16.2. The van der Waals surface area contributed by atoms with Crippen molar-refractivity contribution in [1.82, 2.24) is 19.7 Å². The number of benzene rings is 2. The van der Waals surface area contributed by atoms with Gasteiger partial charge in [-0.2, -0.15) is 5.10 Å². The molecule has 0 aliphatic rings. The summed E-state index contributed by atoms with van der Waals surface area (Å²) >= 11 is 6.21. The summed E-state index contributed by atoms with van der Waals surface area (Å²) < 4.78 is 3.14. The van der Waals surface area contributed by atoms with Gasteiger partial charge in [0.25, 0.3) is 5.56 Å². The molecule has 0 spiro atoms. The molecule has 7 heteroatoms. The number of aromatic nitrogens is 3. The van der Waals surface area contributed by atoms with Crippen LogP contribution < -0.4 is 10.9 Å². The fourth-order valence-electron chi connectivity index (χ4n) is 3.74. The number of hydrogen-bond donors (Lipinski definition) is 1. The summed E-state index contributed by atoms with van der Waals surface area (Å²) in [6.07, 6.45) is 2.22. The van der Waals surface area contributed by atoms with Gasteiger partial charge in [0.05, 0.1) is 11.7 Å². The normalized spacial score (nSPS) is 12.4. The largest absolute Gasteiger partial charge is 0.350 e. The number of nitrogens with one attached hydrogen (secondary N) is 1. The Labute approximate surface area is 172 Å².